The Kier molecular flexibility index (Phi) is 4.07. The lowest BCUT2D eigenvalue weighted by molar-refractivity contribution is -0.154. The predicted molar refractivity (Wildman–Crippen MR) is 66.1 cm³/mol. The zero-order valence-corrected chi connectivity index (χ0v) is 11.2. The molecule has 2 heterocycles. The van der Waals surface area contributed by atoms with Crippen molar-refractivity contribution in [1.29, 1.82) is 0 Å². The van der Waals surface area contributed by atoms with Crippen LogP contribution >= 0.6 is 0 Å². The van der Waals surface area contributed by atoms with E-state index in [0.29, 0.717) is 13.2 Å². The van der Waals surface area contributed by atoms with Crippen LogP contribution in [0.15, 0.2) is 10.5 Å². The lowest BCUT2D eigenvalue weighted by Gasteiger charge is -2.25. The number of carbonyl (C=O) groups excluding carboxylic acids is 1. The van der Waals surface area contributed by atoms with Crippen LogP contribution in [0.2, 0.25) is 0 Å². The van der Waals surface area contributed by atoms with Gasteiger partial charge in [-0.25, -0.2) is 0 Å². The monoisotopic (exact) mass is 252 g/mol. The molecule has 0 unspecified atom stereocenters. The van der Waals surface area contributed by atoms with E-state index in [4.69, 9.17) is 13.9 Å². The fourth-order valence-corrected chi connectivity index (χ4v) is 2.31. The van der Waals surface area contributed by atoms with Gasteiger partial charge in [0.05, 0.1) is 12.0 Å². The first-order chi connectivity index (χ1) is 8.56. The van der Waals surface area contributed by atoms with Gasteiger partial charge in [-0.2, -0.15) is 0 Å². The van der Waals surface area contributed by atoms with E-state index in [2.05, 4.69) is 0 Å². The summed E-state index contributed by atoms with van der Waals surface area (Å²) < 4.78 is 16.2. The molecule has 1 saturated heterocycles. The zero-order chi connectivity index (χ0) is 13.1. The number of esters is 1. The van der Waals surface area contributed by atoms with Gasteiger partial charge in [-0.1, -0.05) is 0 Å². The molecule has 4 nitrogen and oxygen atoms in total. The van der Waals surface area contributed by atoms with E-state index >= 15 is 0 Å². The summed E-state index contributed by atoms with van der Waals surface area (Å²) in [4.78, 5) is 11.9. The van der Waals surface area contributed by atoms with Crippen LogP contribution in [0, 0.1) is 19.8 Å². The summed E-state index contributed by atoms with van der Waals surface area (Å²) in [6, 6.07) is 1.91. The molecule has 0 amide bonds. The van der Waals surface area contributed by atoms with E-state index in [-0.39, 0.29) is 18.0 Å². The van der Waals surface area contributed by atoms with Crippen molar-refractivity contribution >= 4 is 5.97 Å². The standard InChI is InChI=1S/C14H20O4/c1-9-6-12(4-5-16-9)14(15)17-8-13-7-10(2)18-11(13)3/h7,9,12H,4-6,8H2,1-3H3/t9-,12-/m1/s1. The normalized spacial score (nSPS) is 23.9. The number of aryl methyl sites for hydroxylation is 2. The van der Waals surface area contributed by atoms with Crippen molar-refractivity contribution < 1.29 is 18.7 Å². The molecule has 1 aliphatic rings. The van der Waals surface area contributed by atoms with Crippen molar-refractivity contribution in [3.05, 3.63) is 23.2 Å². The van der Waals surface area contributed by atoms with Gasteiger partial charge < -0.3 is 13.9 Å². The van der Waals surface area contributed by atoms with Crippen molar-refractivity contribution in [3.8, 4) is 0 Å². The molecule has 0 saturated carbocycles. The Morgan fingerprint density at radius 1 is 1.50 bits per heavy atom. The Bertz CT molecular complexity index is 421. The summed E-state index contributed by atoms with van der Waals surface area (Å²) >= 11 is 0. The highest BCUT2D eigenvalue weighted by molar-refractivity contribution is 5.72. The summed E-state index contributed by atoms with van der Waals surface area (Å²) in [5.41, 5.74) is 0.945. The molecular weight excluding hydrogens is 232 g/mol. The summed E-state index contributed by atoms with van der Waals surface area (Å²) in [6.45, 7) is 6.70. The molecule has 1 aliphatic heterocycles. The first-order valence-corrected chi connectivity index (χ1v) is 6.40. The maximum absolute atomic E-state index is 11.9. The van der Waals surface area contributed by atoms with Crippen LogP contribution in [-0.2, 0) is 20.9 Å². The van der Waals surface area contributed by atoms with Gasteiger partial charge >= 0.3 is 5.97 Å². The number of carbonyl (C=O) groups is 1. The third-order valence-electron chi connectivity index (χ3n) is 3.33. The van der Waals surface area contributed by atoms with Gasteiger partial charge in [-0.15, -0.1) is 0 Å². The Labute approximate surface area is 107 Å². The summed E-state index contributed by atoms with van der Waals surface area (Å²) in [5, 5.41) is 0. The van der Waals surface area contributed by atoms with E-state index in [1.54, 1.807) is 0 Å². The Balaban J connectivity index is 1.86. The molecule has 18 heavy (non-hydrogen) atoms. The molecule has 2 atom stereocenters. The minimum Gasteiger partial charge on any atom is -0.466 e. The van der Waals surface area contributed by atoms with Gasteiger partial charge in [0.1, 0.15) is 18.1 Å². The van der Waals surface area contributed by atoms with Gasteiger partial charge in [-0.05, 0) is 39.7 Å². The lowest BCUT2D eigenvalue weighted by Crippen LogP contribution is -2.29. The van der Waals surface area contributed by atoms with Crippen molar-refractivity contribution in [1.82, 2.24) is 0 Å². The molecule has 1 fully saturated rings. The third kappa shape index (κ3) is 3.13. The van der Waals surface area contributed by atoms with Crippen LogP contribution in [0.25, 0.3) is 0 Å². The van der Waals surface area contributed by atoms with Crippen molar-refractivity contribution in [2.75, 3.05) is 6.61 Å². The van der Waals surface area contributed by atoms with Crippen LogP contribution in [0.4, 0.5) is 0 Å². The molecule has 0 bridgehead atoms. The SMILES string of the molecule is Cc1cc(COC(=O)[C@@H]2CCO[C@H](C)C2)c(C)o1. The topological polar surface area (TPSA) is 48.7 Å². The lowest BCUT2D eigenvalue weighted by atomic mass is 9.96. The van der Waals surface area contributed by atoms with Crippen LogP contribution in [0.3, 0.4) is 0 Å². The van der Waals surface area contributed by atoms with E-state index in [1.807, 2.05) is 26.8 Å². The second-order valence-electron chi connectivity index (χ2n) is 4.95. The zero-order valence-electron chi connectivity index (χ0n) is 11.2. The minimum atomic E-state index is -0.122. The fraction of sp³-hybridized carbons (Fsp3) is 0.643. The molecule has 100 valence electrons. The Morgan fingerprint density at radius 2 is 2.28 bits per heavy atom. The van der Waals surface area contributed by atoms with Gasteiger partial charge in [0, 0.05) is 12.2 Å². The van der Waals surface area contributed by atoms with E-state index in [0.717, 1.165) is 29.9 Å². The highest BCUT2D eigenvalue weighted by Crippen LogP contribution is 2.22. The maximum atomic E-state index is 11.9. The van der Waals surface area contributed by atoms with E-state index in [1.165, 1.54) is 0 Å². The third-order valence-corrected chi connectivity index (χ3v) is 3.33. The average Bonchev–Trinajstić information content (AvgIpc) is 2.65. The minimum absolute atomic E-state index is 0.0259. The first-order valence-electron chi connectivity index (χ1n) is 6.40. The van der Waals surface area contributed by atoms with Crippen LogP contribution in [-0.4, -0.2) is 18.7 Å². The van der Waals surface area contributed by atoms with Crippen molar-refractivity contribution in [3.63, 3.8) is 0 Å². The van der Waals surface area contributed by atoms with Crippen LogP contribution in [0.5, 0.6) is 0 Å². The quantitative estimate of drug-likeness (QED) is 0.776. The largest absolute Gasteiger partial charge is 0.466 e. The number of rotatable bonds is 3. The number of hydrogen-bond donors (Lipinski definition) is 0. The molecule has 0 aromatic carbocycles. The van der Waals surface area contributed by atoms with Crippen LogP contribution < -0.4 is 0 Å². The molecular formula is C14H20O4. The van der Waals surface area contributed by atoms with Gasteiger partial charge in [0.15, 0.2) is 0 Å². The fourth-order valence-electron chi connectivity index (χ4n) is 2.31. The molecule has 1 aromatic heterocycles. The van der Waals surface area contributed by atoms with Crippen molar-refractivity contribution in [2.45, 2.75) is 46.3 Å². The summed E-state index contributed by atoms with van der Waals surface area (Å²) in [6.07, 6.45) is 1.66. The highest BCUT2D eigenvalue weighted by Gasteiger charge is 2.27. The van der Waals surface area contributed by atoms with Gasteiger partial charge in [-0.3, -0.25) is 4.79 Å². The molecule has 0 radical (unpaired) electrons. The molecule has 0 spiro atoms. The first kappa shape index (κ1) is 13.1. The van der Waals surface area contributed by atoms with Gasteiger partial charge in [0.25, 0.3) is 0 Å². The van der Waals surface area contributed by atoms with Gasteiger partial charge in [0.2, 0.25) is 0 Å². The predicted octanol–water partition coefficient (Wildman–Crippen LogP) is 2.75. The molecule has 0 N–H and O–H groups in total. The molecule has 0 aliphatic carbocycles. The molecule has 2 rings (SSSR count). The second kappa shape index (κ2) is 5.57. The highest BCUT2D eigenvalue weighted by atomic mass is 16.5. The van der Waals surface area contributed by atoms with Crippen LogP contribution in [0.1, 0.15) is 36.8 Å². The maximum Gasteiger partial charge on any atom is 0.309 e. The summed E-state index contributed by atoms with van der Waals surface area (Å²) in [7, 11) is 0. The number of ether oxygens (including phenoxy) is 2. The number of hydrogen-bond acceptors (Lipinski definition) is 4. The van der Waals surface area contributed by atoms with Crippen molar-refractivity contribution in [2.24, 2.45) is 5.92 Å². The number of furan rings is 1. The van der Waals surface area contributed by atoms with E-state index < -0.39 is 0 Å². The van der Waals surface area contributed by atoms with E-state index in [9.17, 15) is 4.79 Å². The molecule has 4 heteroatoms. The Morgan fingerprint density at radius 3 is 2.89 bits per heavy atom. The summed E-state index contributed by atoms with van der Waals surface area (Å²) in [5.74, 6) is 1.52. The average molecular weight is 252 g/mol. The molecule has 1 aromatic rings. The smallest absolute Gasteiger partial charge is 0.309 e. The Hall–Kier alpha value is -1.29. The second-order valence-corrected chi connectivity index (χ2v) is 4.95.